The molecule has 0 bridgehead atoms. The smallest absolute Gasteiger partial charge is 0.224 e. The lowest BCUT2D eigenvalue weighted by Crippen LogP contribution is -2.25. The van der Waals surface area contributed by atoms with E-state index in [1.165, 1.54) is 0 Å². The predicted molar refractivity (Wildman–Crippen MR) is 57.9 cm³/mol. The summed E-state index contributed by atoms with van der Waals surface area (Å²) < 4.78 is 5.29. The molecule has 3 heteroatoms. The first-order valence-corrected chi connectivity index (χ1v) is 5.19. The van der Waals surface area contributed by atoms with Crippen LogP contribution >= 0.6 is 0 Å². The number of methoxy groups -OCH3 is 1. The summed E-state index contributed by atoms with van der Waals surface area (Å²) >= 11 is 0. The van der Waals surface area contributed by atoms with Crippen LogP contribution in [0.3, 0.4) is 0 Å². The third-order valence-electron chi connectivity index (χ3n) is 3.03. The van der Waals surface area contributed by atoms with Crippen LogP contribution in [0.5, 0.6) is 5.75 Å². The highest BCUT2D eigenvalue weighted by molar-refractivity contribution is 5.83. The molecule has 0 spiro atoms. The fourth-order valence-electron chi connectivity index (χ4n) is 2.30. The zero-order chi connectivity index (χ0) is 10.8. The molecule has 1 atom stereocenters. The van der Waals surface area contributed by atoms with Crippen molar-refractivity contribution in [2.24, 2.45) is 5.73 Å². The number of hydrogen-bond acceptors (Lipinski definition) is 2. The minimum absolute atomic E-state index is 0.135. The molecule has 1 unspecified atom stereocenters. The van der Waals surface area contributed by atoms with E-state index >= 15 is 0 Å². The van der Waals surface area contributed by atoms with Gasteiger partial charge in [0.25, 0.3) is 0 Å². The quantitative estimate of drug-likeness (QED) is 0.797. The highest BCUT2D eigenvalue weighted by Gasteiger charge is 2.26. The highest BCUT2D eigenvalue weighted by atomic mass is 16.5. The van der Waals surface area contributed by atoms with Gasteiger partial charge in [0.05, 0.1) is 13.0 Å². The summed E-state index contributed by atoms with van der Waals surface area (Å²) in [6.45, 7) is 0. The molecule has 2 rings (SSSR count). The largest absolute Gasteiger partial charge is 0.496 e. The molecule has 1 aliphatic rings. The minimum atomic E-state index is -0.232. The molecule has 80 valence electrons. The van der Waals surface area contributed by atoms with E-state index in [0.717, 1.165) is 36.1 Å². The number of primary amides is 1. The lowest BCUT2D eigenvalue weighted by atomic mass is 9.82. The second-order valence-electron chi connectivity index (χ2n) is 3.88. The first kappa shape index (κ1) is 10.0. The van der Waals surface area contributed by atoms with E-state index in [4.69, 9.17) is 10.5 Å². The van der Waals surface area contributed by atoms with E-state index in [1.54, 1.807) is 7.11 Å². The summed E-state index contributed by atoms with van der Waals surface area (Å²) in [5, 5.41) is 0. The van der Waals surface area contributed by atoms with Crippen LogP contribution in [0.15, 0.2) is 18.2 Å². The molecule has 0 saturated heterocycles. The van der Waals surface area contributed by atoms with Gasteiger partial charge in [0.15, 0.2) is 0 Å². The van der Waals surface area contributed by atoms with E-state index in [-0.39, 0.29) is 11.8 Å². The third kappa shape index (κ3) is 1.69. The zero-order valence-corrected chi connectivity index (χ0v) is 8.82. The van der Waals surface area contributed by atoms with Gasteiger partial charge >= 0.3 is 0 Å². The Hall–Kier alpha value is -1.51. The van der Waals surface area contributed by atoms with Crippen LogP contribution in [0.4, 0.5) is 0 Å². The van der Waals surface area contributed by atoms with Crippen molar-refractivity contribution in [2.45, 2.75) is 25.2 Å². The maximum Gasteiger partial charge on any atom is 0.224 e. The zero-order valence-electron chi connectivity index (χ0n) is 8.82. The molecule has 0 aromatic heterocycles. The van der Waals surface area contributed by atoms with Crippen molar-refractivity contribution in [3.05, 3.63) is 29.3 Å². The van der Waals surface area contributed by atoms with Gasteiger partial charge in [-0.1, -0.05) is 12.1 Å². The number of carbonyl (C=O) groups is 1. The molecule has 0 fully saturated rings. The number of rotatable bonds is 2. The summed E-state index contributed by atoms with van der Waals surface area (Å²) in [5.41, 5.74) is 7.59. The van der Waals surface area contributed by atoms with Crippen LogP contribution in [-0.4, -0.2) is 13.0 Å². The molecule has 1 aliphatic carbocycles. The number of carbonyl (C=O) groups excluding carboxylic acids is 1. The van der Waals surface area contributed by atoms with Gasteiger partial charge in [-0.3, -0.25) is 4.79 Å². The Bertz CT molecular complexity index is 387. The van der Waals surface area contributed by atoms with Gasteiger partial charge in [-0.15, -0.1) is 0 Å². The van der Waals surface area contributed by atoms with Gasteiger partial charge in [-0.25, -0.2) is 0 Å². The van der Waals surface area contributed by atoms with Crippen LogP contribution in [0.2, 0.25) is 0 Å². The Morgan fingerprint density at radius 1 is 1.53 bits per heavy atom. The van der Waals surface area contributed by atoms with Crippen molar-refractivity contribution in [3.8, 4) is 5.75 Å². The van der Waals surface area contributed by atoms with Crippen LogP contribution in [0, 0.1) is 0 Å². The SMILES string of the molecule is COc1cccc2c1CCCC2C(N)=O. The molecule has 1 aromatic carbocycles. The Kier molecular flexibility index (Phi) is 2.62. The first-order valence-electron chi connectivity index (χ1n) is 5.19. The number of nitrogens with two attached hydrogens (primary N) is 1. The third-order valence-corrected chi connectivity index (χ3v) is 3.03. The molecule has 2 N–H and O–H groups in total. The van der Waals surface area contributed by atoms with Crippen LogP contribution in [0.25, 0.3) is 0 Å². The summed E-state index contributed by atoms with van der Waals surface area (Å²) in [7, 11) is 1.66. The second-order valence-corrected chi connectivity index (χ2v) is 3.88. The monoisotopic (exact) mass is 205 g/mol. The summed E-state index contributed by atoms with van der Waals surface area (Å²) in [6, 6.07) is 5.83. The lowest BCUT2D eigenvalue weighted by molar-refractivity contribution is -0.119. The molecular weight excluding hydrogens is 190 g/mol. The van der Waals surface area contributed by atoms with Crippen LogP contribution in [-0.2, 0) is 11.2 Å². The van der Waals surface area contributed by atoms with Gasteiger partial charge in [0.1, 0.15) is 5.75 Å². The van der Waals surface area contributed by atoms with E-state index in [0.29, 0.717) is 0 Å². The van der Waals surface area contributed by atoms with Crippen molar-refractivity contribution in [1.29, 1.82) is 0 Å². The summed E-state index contributed by atoms with van der Waals surface area (Å²) in [4.78, 5) is 11.3. The van der Waals surface area contributed by atoms with E-state index < -0.39 is 0 Å². The topological polar surface area (TPSA) is 52.3 Å². The average Bonchev–Trinajstić information content (AvgIpc) is 2.27. The molecule has 15 heavy (non-hydrogen) atoms. The van der Waals surface area contributed by atoms with Gasteiger partial charge in [-0.05, 0) is 36.5 Å². The molecular formula is C12H15NO2. The molecule has 0 heterocycles. The second kappa shape index (κ2) is 3.93. The van der Waals surface area contributed by atoms with Gasteiger partial charge in [0.2, 0.25) is 5.91 Å². The van der Waals surface area contributed by atoms with Crippen molar-refractivity contribution in [1.82, 2.24) is 0 Å². The maximum absolute atomic E-state index is 11.3. The Morgan fingerprint density at radius 3 is 3.00 bits per heavy atom. The Balaban J connectivity index is 2.48. The fourth-order valence-corrected chi connectivity index (χ4v) is 2.30. The average molecular weight is 205 g/mol. The summed E-state index contributed by atoms with van der Waals surface area (Å²) in [5.74, 6) is 0.506. The Morgan fingerprint density at radius 2 is 2.33 bits per heavy atom. The summed E-state index contributed by atoms with van der Waals surface area (Å²) in [6.07, 6.45) is 2.83. The van der Waals surface area contributed by atoms with Crippen LogP contribution in [0.1, 0.15) is 29.9 Å². The van der Waals surface area contributed by atoms with Gasteiger partial charge < -0.3 is 10.5 Å². The predicted octanol–water partition coefficient (Wildman–Crippen LogP) is 1.60. The number of hydrogen-bond donors (Lipinski definition) is 1. The lowest BCUT2D eigenvalue weighted by Gasteiger charge is -2.24. The van der Waals surface area contributed by atoms with Crippen molar-refractivity contribution in [2.75, 3.05) is 7.11 Å². The van der Waals surface area contributed by atoms with E-state index in [1.807, 2.05) is 18.2 Å². The van der Waals surface area contributed by atoms with Crippen molar-refractivity contribution >= 4 is 5.91 Å². The standard InChI is InChI=1S/C12H15NO2/c1-15-11-7-3-4-8-9(11)5-2-6-10(8)12(13)14/h3-4,7,10H,2,5-6H2,1H3,(H2,13,14). The normalized spacial score (nSPS) is 19.4. The van der Waals surface area contributed by atoms with E-state index in [2.05, 4.69) is 0 Å². The number of amides is 1. The minimum Gasteiger partial charge on any atom is -0.496 e. The molecule has 1 amide bonds. The van der Waals surface area contributed by atoms with Crippen molar-refractivity contribution < 1.29 is 9.53 Å². The molecule has 3 nitrogen and oxygen atoms in total. The molecule has 0 saturated carbocycles. The number of fused-ring (bicyclic) bond motifs is 1. The van der Waals surface area contributed by atoms with Gasteiger partial charge in [-0.2, -0.15) is 0 Å². The molecule has 0 aliphatic heterocycles. The van der Waals surface area contributed by atoms with Crippen molar-refractivity contribution in [3.63, 3.8) is 0 Å². The Labute approximate surface area is 89.2 Å². The molecule has 0 radical (unpaired) electrons. The highest BCUT2D eigenvalue weighted by Crippen LogP contribution is 2.36. The number of ether oxygens (including phenoxy) is 1. The first-order chi connectivity index (χ1) is 7.24. The maximum atomic E-state index is 11.3. The van der Waals surface area contributed by atoms with E-state index in [9.17, 15) is 4.79 Å². The number of benzene rings is 1. The van der Waals surface area contributed by atoms with Gasteiger partial charge in [0, 0.05) is 0 Å². The molecule has 1 aromatic rings. The van der Waals surface area contributed by atoms with Crippen LogP contribution < -0.4 is 10.5 Å². The fraction of sp³-hybridized carbons (Fsp3) is 0.417.